The number of carboxylic acids is 4. The molecule has 0 aromatic carbocycles. The molecular weight excluding hydrogens is 503 g/mol. The van der Waals surface area contributed by atoms with E-state index in [0.29, 0.717) is 0 Å². The summed E-state index contributed by atoms with van der Waals surface area (Å²) in [6.07, 6.45) is 3.33. The first-order valence-electron chi connectivity index (χ1n) is 7.90. The molecule has 0 aromatic heterocycles. The summed E-state index contributed by atoms with van der Waals surface area (Å²) in [6.45, 7) is 19.8. The van der Waals surface area contributed by atoms with Gasteiger partial charge in [-0.2, -0.15) is 0 Å². The first-order valence-corrected chi connectivity index (χ1v) is 7.90. The number of carbonyl (C=O) groups is 4. The van der Waals surface area contributed by atoms with E-state index in [0.717, 1.165) is 24.3 Å². The fourth-order valence-corrected chi connectivity index (χ4v) is 1.52. The van der Waals surface area contributed by atoms with Gasteiger partial charge in [-0.15, -0.1) is 0 Å². The van der Waals surface area contributed by atoms with Crippen molar-refractivity contribution in [3.05, 3.63) is 50.6 Å². The van der Waals surface area contributed by atoms with Gasteiger partial charge in [-0.1, -0.05) is 26.3 Å². The first-order chi connectivity index (χ1) is 13.0. The normalized spacial score (nSPS) is 16.3. The number of piperazine rings is 3. The van der Waals surface area contributed by atoms with Gasteiger partial charge in [0.25, 0.3) is 0 Å². The third-order valence-electron chi connectivity index (χ3n) is 2.90. The average Bonchev–Trinajstić information content (AvgIpc) is 2.71. The van der Waals surface area contributed by atoms with Crippen LogP contribution in [0.2, 0.25) is 0 Å². The van der Waals surface area contributed by atoms with E-state index in [1.54, 1.807) is 0 Å². The van der Waals surface area contributed by atoms with Crippen LogP contribution in [0.3, 0.4) is 0 Å². The Morgan fingerprint density at radius 1 is 0.500 bits per heavy atom. The minimum atomic E-state index is -0.981. The van der Waals surface area contributed by atoms with E-state index in [1.165, 1.54) is 39.3 Å². The maximum absolute atomic E-state index is 9.25. The molecule has 0 aliphatic carbocycles. The van der Waals surface area contributed by atoms with Crippen molar-refractivity contribution in [2.24, 2.45) is 0 Å². The molecule has 162 valence electrons. The van der Waals surface area contributed by atoms with Crippen molar-refractivity contribution in [3.63, 3.8) is 0 Å². The van der Waals surface area contributed by atoms with Crippen LogP contribution in [0.1, 0.15) is 0 Å². The third-order valence-corrected chi connectivity index (χ3v) is 2.90. The molecule has 0 saturated carbocycles. The molecule has 0 unspecified atom stereocenters. The van der Waals surface area contributed by atoms with E-state index in [9.17, 15) is 19.2 Å². The molecule has 2 bridgehead atoms. The van der Waals surface area contributed by atoms with Crippen molar-refractivity contribution in [1.29, 1.82) is 0 Å². The number of carboxylic acid groups (broad SMARTS) is 4. The van der Waals surface area contributed by atoms with Gasteiger partial charge in [0, 0.05) is 103 Å². The second kappa shape index (κ2) is 27.0. The molecule has 10 nitrogen and oxygen atoms in total. The Morgan fingerprint density at radius 2 is 0.600 bits per heavy atom. The Balaban J connectivity index is -0.0000000874. The summed E-state index contributed by atoms with van der Waals surface area (Å²) in [6, 6.07) is 0. The van der Waals surface area contributed by atoms with Crippen molar-refractivity contribution < 1.29 is 78.6 Å². The summed E-state index contributed by atoms with van der Waals surface area (Å²) in [7, 11) is 0. The fourth-order valence-electron chi connectivity index (χ4n) is 1.52. The molecule has 0 radical (unpaired) electrons. The molecule has 3 aliphatic rings. The van der Waals surface area contributed by atoms with Crippen molar-refractivity contribution in [3.8, 4) is 0 Å². The third kappa shape index (κ3) is 36.9. The second-order valence-corrected chi connectivity index (χ2v) is 4.85. The SMILES string of the molecule is C1CN2CCN1CC2.C=CC(=O)O.C=CC(=O)O.C=CC(=O)O.C=CC(=O)O.[Zn].[Zn]. The van der Waals surface area contributed by atoms with Crippen LogP contribution in [0, 0.1) is 0 Å². The van der Waals surface area contributed by atoms with Gasteiger partial charge in [0.2, 0.25) is 0 Å². The summed E-state index contributed by atoms with van der Waals surface area (Å²) in [4.78, 5) is 42.1. The molecule has 12 heteroatoms. The van der Waals surface area contributed by atoms with Crippen LogP contribution in [-0.4, -0.2) is 93.4 Å². The summed E-state index contributed by atoms with van der Waals surface area (Å²) in [5, 5.41) is 30.4. The summed E-state index contributed by atoms with van der Waals surface area (Å²) >= 11 is 0. The number of hydrogen-bond acceptors (Lipinski definition) is 6. The van der Waals surface area contributed by atoms with Crippen molar-refractivity contribution >= 4 is 23.9 Å². The molecule has 3 fully saturated rings. The first kappa shape index (κ1) is 38.6. The molecule has 3 aliphatic heterocycles. The second-order valence-electron chi connectivity index (χ2n) is 4.85. The molecular formula is C18H28N2O8Zn2. The predicted octanol–water partition coefficient (Wildman–Crippen LogP) is 0.641. The zero-order valence-electron chi connectivity index (χ0n) is 17.1. The van der Waals surface area contributed by atoms with Crippen LogP contribution in [-0.2, 0) is 58.1 Å². The smallest absolute Gasteiger partial charge is 0.327 e. The van der Waals surface area contributed by atoms with Gasteiger partial charge in [-0.3, -0.25) is 9.80 Å². The van der Waals surface area contributed by atoms with Gasteiger partial charge < -0.3 is 20.4 Å². The molecule has 4 N–H and O–H groups in total. The molecule has 0 aromatic rings. The van der Waals surface area contributed by atoms with Crippen LogP contribution in [0.25, 0.3) is 0 Å². The Kier molecular flexibility index (Phi) is 34.7. The predicted molar refractivity (Wildman–Crippen MR) is 104 cm³/mol. The molecule has 3 heterocycles. The summed E-state index contributed by atoms with van der Waals surface area (Å²) < 4.78 is 0. The van der Waals surface area contributed by atoms with Crippen molar-refractivity contribution in [2.45, 2.75) is 0 Å². The largest absolute Gasteiger partial charge is 0.478 e. The standard InChI is InChI=1S/C6H12N2.4C3H4O2.2Zn/c1-2-8-5-3-7(1)4-6-8;4*1-2-3(4)5;;/h1-6H2;4*2H,1H2,(H,4,5);;. The maximum atomic E-state index is 9.25. The Labute approximate surface area is 201 Å². The van der Waals surface area contributed by atoms with Crippen LogP contribution < -0.4 is 0 Å². The minimum absolute atomic E-state index is 0. The van der Waals surface area contributed by atoms with E-state index in [4.69, 9.17) is 20.4 Å². The number of hydrogen-bond donors (Lipinski definition) is 4. The number of aliphatic carboxylic acids is 4. The Bertz CT molecular complexity index is 453. The van der Waals surface area contributed by atoms with E-state index < -0.39 is 23.9 Å². The fraction of sp³-hybridized carbons (Fsp3) is 0.333. The Morgan fingerprint density at radius 3 is 0.633 bits per heavy atom. The summed E-state index contributed by atoms with van der Waals surface area (Å²) in [5.41, 5.74) is 0. The monoisotopic (exact) mass is 528 g/mol. The van der Waals surface area contributed by atoms with Crippen LogP contribution in [0.5, 0.6) is 0 Å². The van der Waals surface area contributed by atoms with Gasteiger partial charge in [-0.25, -0.2) is 19.2 Å². The van der Waals surface area contributed by atoms with Crippen molar-refractivity contribution in [2.75, 3.05) is 39.3 Å². The molecule has 0 atom stereocenters. The molecule has 3 rings (SSSR count). The van der Waals surface area contributed by atoms with Crippen LogP contribution in [0.4, 0.5) is 0 Å². The number of rotatable bonds is 4. The molecule has 3 saturated heterocycles. The van der Waals surface area contributed by atoms with Crippen LogP contribution in [0.15, 0.2) is 50.6 Å². The van der Waals surface area contributed by atoms with E-state index >= 15 is 0 Å². The zero-order valence-corrected chi connectivity index (χ0v) is 23.0. The van der Waals surface area contributed by atoms with Gasteiger partial charge >= 0.3 is 23.9 Å². The van der Waals surface area contributed by atoms with Crippen LogP contribution >= 0.6 is 0 Å². The quantitative estimate of drug-likeness (QED) is 0.300. The zero-order chi connectivity index (χ0) is 22.5. The van der Waals surface area contributed by atoms with Gasteiger partial charge in [-0.05, 0) is 0 Å². The molecule has 30 heavy (non-hydrogen) atoms. The Hall–Kier alpha value is -1.99. The molecule has 0 spiro atoms. The van der Waals surface area contributed by atoms with E-state index in [1.807, 2.05) is 0 Å². The average molecular weight is 531 g/mol. The summed E-state index contributed by atoms with van der Waals surface area (Å²) in [5.74, 6) is -3.93. The minimum Gasteiger partial charge on any atom is -0.478 e. The van der Waals surface area contributed by atoms with Gasteiger partial charge in [0.05, 0.1) is 0 Å². The maximum Gasteiger partial charge on any atom is 0.327 e. The number of fused-ring (bicyclic) bond motifs is 3. The molecule has 0 amide bonds. The topological polar surface area (TPSA) is 156 Å². The van der Waals surface area contributed by atoms with Gasteiger partial charge in [0.15, 0.2) is 0 Å². The van der Waals surface area contributed by atoms with E-state index in [-0.39, 0.29) is 39.0 Å². The number of nitrogens with zero attached hydrogens (tertiary/aromatic N) is 2. The van der Waals surface area contributed by atoms with E-state index in [2.05, 4.69) is 36.1 Å². The van der Waals surface area contributed by atoms with Gasteiger partial charge in [0.1, 0.15) is 0 Å². The van der Waals surface area contributed by atoms with Crippen molar-refractivity contribution in [1.82, 2.24) is 9.80 Å².